The van der Waals surface area contributed by atoms with Crippen LogP contribution in [-0.4, -0.2) is 87.5 Å². The van der Waals surface area contributed by atoms with E-state index in [1.165, 1.54) is 0 Å². The number of ether oxygens (including phenoxy) is 4. The van der Waals surface area contributed by atoms with Crippen molar-refractivity contribution in [1.29, 1.82) is 0 Å². The third-order valence-electron chi connectivity index (χ3n) is 7.79. The number of benzene rings is 3. The molecule has 0 unspecified atom stereocenters. The topological polar surface area (TPSA) is 70.9 Å². The molecule has 2 aromatic heterocycles. The first-order valence-electron chi connectivity index (χ1n) is 15.6. The van der Waals surface area contributed by atoms with Gasteiger partial charge in [0.25, 0.3) is 0 Å². The first-order valence-corrected chi connectivity index (χ1v) is 15.6. The van der Waals surface area contributed by atoms with Gasteiger partial charge in [-0.15, -0.1) is 0 Å². The van der Waals surface area contributed by atoms with Gasteiger partial charge in [0.15, 0.2) is 0 Å². The van der Waals surface area contributed by atoms with Gasteiger partial charge < -0.3 is 23.8 Å². The van der Waals surface area contributed by atoms with Gasteiger partial charge in [-0.25, -0.2) is 0 Å². The Morgan fingerprint density at radius 2 is 1.07 bits per heavy atom. The first-order chi connectivity index (χ1) is 22.4. The van der Waals surface area contributed by atoms with Crippen LogP contribution in [0.3, 0.4) is 0 Å². The molecule has 3 aromatic carbocycles. The largest absolute Gasteiger partial charge is 0.377 e. The highest BCUT2D eigenvalue weighted by Crippen LogP contribution is 2.27. The van der Waals surface area contributed by atoms with E-state index < -0.39 is 0 Å². The number of rotatable bonds is 6. The summed E-state index contributed by atoms with van der Waals surface area (Å²) in [6, 6.07) is 37.8. The lowest BCUT2D eigenvalue weighted by Gasteiger charge is -2.25. The monoisotopic (exact) mass is 602 g/mol. The molecule has 230 valence electrons. The van der Waals surface area contributed by atoms with E-state index in [-0.39, 0.29) is 6.85 Å². The number of anilines is 1. The summed E-state index contributed by atoms with van der Waals surface area (Å²) >= 11 is 0. The summed E-state index contributed by atoms with van der Waals surface area (Å²) in [7, 11) is 0. The second-order valence-electron chi connectivity index (χ2n) is 10.8. The van der Waals surface area contributed by atoms with Crippen molar-refractivity contribution in [2.75, 3.05) is 70.8 Å². The molecule has 3 heterocycles. The molecule has 9 heteroatoms. The van der Waals surface area contributed by atoms with Gasteiger partial charge in [-0.05, 0) is 41.3 Å². The highest BCUT2D eigenvalue weighted by atomic mass is 16.6. The molecule has 0 spiro atoms. The van der Waals surface area contributed by atoms with Crippen molar-refractivity contribution in [3.05, 3.63) is 115 Å². The third kappa shape index (κ3) is 8.26. The van der Waals surface area contributed by atoms with E-state index in [0.717, 1.165) is 52.3 Å². The zero-order valence-electron chi connectivity index (χ0n) is 25.5. The van der Waals surface area contributed by atoms with Crippen LogP contribution in [0.5, 0.6) is 0 Å². The van der Waals surface area contributed by atoms with E-state index in [9.17, 15) is 0 Å². The second-order valence-corrected chi connectivity index (χ2v) is 10.8. The molecule has 45 heavy (non-hydrogen) atoms. The van der Waals surface area contributed by atoms with Gasteiger partial charge in [0.05, 0.1) is 69.9 Å². The molecule has 1 fully saturated rings. The number of hydrogen-bond donors (Lipinski definition) is 0. The van der Waals surface area contributed by atoms with E-state index in [0.29, 0.717) is 52.9 Å². The molecule has 0 saturated carbocycles. The summed E-state index contributed by atoms with van der Waals surface area (Å²) in [5.41, 5.74) is 7.19. The Hall–Kier alpha value is -4.28. The Labute approximate surface area is 265 Å². The summed E-state index contributed by atoms with van der Waals surface area (Å²) in [5.74, 6) is 0. The molecular weight excluding hydrogens is 563 g/mol. The molecule has 0 bridgehead atoms. The van der Waals surface area contributed by atoms with Crippen LogP contribution in [0.25, 0.3) is 22.6 Å². The standard InChI is InChI=1S/C36H39BN4O4/c1-3-9-31(10-4-1)37(32-11-5-2-6-12-32)41-36(34-13-7-8-18-38-34)29-35(39-41)30-14-16-33(17-15-30)40-19-21-42-23-25-44-27-28-45-26-24-43-22-20-40/h1-18,29H,19-28H2. The van der Waals surface area contributed by atoms with Gasteiger partial charge in [0, 0.05) is 30.5 Å². The predicted molar refractivity (Wildman–Crippen MR) is 180 cm³/mol. The normalized spacial score (nSPS) is 15.6. The summed E-state index contributed by atoms with van der Waals surface area (Å²) in [4.78, 5) is 7.01. The fourth-order valence-electron chi connectivity index (χ4n) is 5.51. The Morgan fingerprint density at radius 3 is 1.60 bits per heavy atom. The van der Waals surface area contributed by atoms with Crippen molar-refractivity contribution in [3.63, 3.8) is 0 Å². The average molecular weight is 603 g/mol. The second kappa shape index (κ2) is 16.2. The molecular formula is C36H39BN4O4. The minimum Gasteiger partial charge on any atom is -0.377 e. The van der Waals surface area contributed by atoms with Gasteiger partial charge in [0.2, 0.25) is 0 Å². The van der Waals surface area contributed by atoms with Crippen molar-refractivity contribution in [1.82, 2.24) is 14.7 Å². The van der Waals surface area contributed by atoms with Crippen molar-refractivity contribution in [3.8, 4) is 22.6 Å². The smallest absolute Gasteiger partial charge is 0.349 e. The van der Waals surface area contributed by atoms with E-state index in [4.69, 9.17) is 29.0 Å². The summed E-state index contributed by atoms with van der Waals surface area (Å²) in [5, 5.41) is 5.25. The van der Waals surface area contributed by atoms with Crippen LogP contribution < -0.4 is 15.8 Å². The molecule has 0 aliphatic carbocycles. The minimum atomic E-state index is -0.117. The molecule has 0 radical (unpaired) electrons. The summed E-state index contributed by atoms with van der Waals surface area (Å²) in [6.07, 6.45) is 1.83. The maximum absolute atomic E-state index is 5.84. The van der Waals surface area contributed by atoms with Gasteiger partial charge in [-0.2, -0.15) is 5.10 Å². The maximum Gasteiger partial charge on any atom is 0.349 e. The molecule has 1 aliphatic heterocycles. The van der Waals surface area contributed by atoms with E-state index in [1.807, 2.05) is 36.5 Å². The molecule has 5 aromatic rings. The summed E-state index contributed by atoms with van der Waals surface area (Å²) in [6.45, 7) is 6.03. The highest BCUT2D eigenvalue weighted by molar-refractivity contribution is 6.84. The zero-order chi connectivity index (χ0) is 30.5. The zero-order valence-corrected chi connectivity index (χ0v) is 25.5. The Kier molecular flexibility index (Phi) is 11.0. The van der Waals surface area contributed by atoms with Gasteiger partial charge >= 0.3 is 6.85 Å². The predicted octanol–water partition coefficient (Wildman–Crippen LogP) is 4.15. The molecule has 0 N–H and O–H groups in total. The number of aromatic nitrogens is 3. The molecule has 0 amide bonds. The molecule has 1 aliphatic rings. The Morgan fingerprint density at radius 1 is 0.533 bits per heavy atom. The average Bonchev–Trinajstić information content (AvgIpc) is 3.53. The van der Waals surface area contributed by atoms with Gasteiger partial charge in [-0.1, -0.05) is 78.9 Å². The Bertz CT molecular complexity index is 1510. The van der Waals surface area contributed by atoms with E-state index in [1.54, 1.807) is 0 Å². The molecule has 0 atom stereocenters. The van der Waals surface area contributed by atoms with Crippen LogP contribution in [-0.2, 0) is 18.9 Å². The van der Waals surface area contributed by atoms with Crippen LogP contribution >= 0.6 is 0 Å². The van der Waals surface area contributed by atoms with Crippen LogP contribution in [0.2, 0.25) is 0 Å². The summed E-state index contributed by atoms with van der Waals surface area (Å²) < 4.78 is 24.9. The minimum absolute atomic E-state index is 0.117. The van der Waals surface area contributed by atoms with Gasteiger partial charge in [-0.3, -0.25) is 9.58 Å². The fraction of sp³-hybridized carbons (Fsp3) is 0.278. The number of nitrogens with zero attached hydrogens (tertiary/aromatic N) is 4. The molecule has 8 nitrogen and oxygen atoms in total. The Balaban J connectivity index is 1.29. The van der Waals surface area contributed by atoms with Gasteiger partial charge in [0.1, 0.15) is 0 Å². The molecule has 1 saturated heterocycles. The quantitative estimate of drug-likeness (QED) is 0.271. The van der Waals surface area contributed by atoms with Crippen molar-refractivity contribution >= 4 is 23.5 Å². The molecule has 6 rings (SSSR count). The van der Waals surface area contributed by atoms with Crippen molar-refractivity contribution < 1.29 is 18.9 Å². The highest BCUT2D eigenvalue weighted by Gasteiger charge is 2.27. The lowest BCUT2D eigenvalue weighted by molar-refractivity contribution is 0.00206. The number of hydrogen-bond acceptors (Lipinski definition) is 7. The van der Waals surface area contributed by atoms with Crippen LogP contribution in [0.1, 0.15) is 0 Å². The lowest BCUT2D eigenvalue weighted by atomic mass is 9.50. The van der Waals surface area contributed by atoms with Crippen molar-refractivity contribution in [2.24, 2.45) is 0 Å². The fourth-order valence-corrected chi connectivity index (χ4v) is 5.51. The van der Waals surface area contributed by atoms with Crippen LogP contribution in [0.15, 0.2) is 115 Å². The maximum atomic E-state index is 5.84. The number of pyridine rings is 1. The van der Waals surface area contributed by atoms with E-state index in [2.05, 4.69) is 88.4 Å². The third-order valence-corrected chi connectivity index (χ3v) is 7.79. The van der Waals surface area contributed by atoms with Crippen LogP contribution in [0, 0.1) is 0 Å². The van der Waals surface area contributed by atoms with E-state index >= 15 is 0 Å². The van der Waals surface area contributed by atoms with Crippen molar-refractivity contribution in [2.45, 2.75) is 0 Å². The lowest BCUT2D eigenvalue weighted by Crippen LogP contribution is -2.49. The van der Waals surface area contributed by atoms with Crippen LogP contribution in [0.4, 0.5) is 5.69 Å². The first kappa shape index (κ1) is 30.7. The SMILES string of the molecule is c1ccc(B(c2ccccc2)n2nc(-c3ccc(N4CCOCCOCCOCCOCC4)cc3)cc2-c2ccccn2)cc1.